The van der Waals surface area contributed by atoms with Crippen LogP contribution >= 0.6 is 0 Å². The van der Waals surface area contributed by atoms with Gasteiger partial charge in [0.05, 0.1) is 6.07 Å². The Morgan fingerprint density at radius 3 is 1.77 bits per heavy atom. The molecule has 3 aromatic carbocycles. The molecule has 0 aliphatic carbocycles. The molecule has 5 heterocycles. The van der Waals surface area contributed by atoms with Crippen molar-refractivity contribution in [2.45, 2.75) is 68.2 Å². The van der Waals surface area contributed by atoms with Crippen molar-refractivity contribution in [1.29, 1.82) is 10.5 Å². The summed E-state index contributed by atoms with van der Waals surface area (Å²) in [6, 6.07) is 29.5. The number of rotatable bonds is 4. The summed E-state index contributed by atoms with van der Waals surface area (Å²) in [4.78, 5) is 31.4. The number of hydrogen-bond donors (Lipinski definition) is 1. The third kappa shape index (κ3) is 15.7. The molecule has 0 unspecified atom stereocenters. The fourth-order valence-electron chi connectivity index (χ4n) is 5.62. The van der Waals surface area contributed by atoms with Gasteiger partial charge in [-0.05, 0) is 114 Å². The van der Waals surface area contributed by atoms with E-state index in [-0.39, 0.29) is 28.1 Å². The summed E-state index contributed by atoms with van der Waals surface area (Å²) in [5, 5.41) is 21.1. The fourth-order valence-corrected chi connectivity index (χ4v) is 5.62. The second-order valence-corrected chi connectivity index (χ2v) is 13.4. The Hall–Kier alpha value is -7.02. The summed E-state index contributed by atoms with van der Waals surface area (Å²) < 4.78 is 21.4. The highest BCUT2D eigenvalue weighted by molar-refractivity contribution is 5.83. The molecule has 0 bridgehead atoms. The Balaban J connectivity index is 0.000000398. The molecule has 0 amide bonds. The minimum Gasteiger partial charge on any atom is -0.467 e. The lowest BCUT2D eigenvalue weighted by Crippen LogP contribution is -2.21. The smallest absolute Gasteiger partial charge is 0.238 e. The highest BCUT2D eigenvalue weighted by Crippen LogP contribution is 2.28. The van der Waals surface area contributed by atoms with Crippen LogP contribution in [0.15, 0.2) is 132 Å². The number of fused-ring (bicyclic) bond motifs is 2. The predicted octanol–water partition coefficient (Wildman–Crippen LogP) is 10.9. The lowest BCUT2D eigenvalue weighted by Gasteiger charge is -2.12. The van der Waals surface area contributed by atoms with E-state index in [1.165, 1.54) is 44.5 Å². The largest absolute Gasteiger partial charge is 0.467 e. The molecule has 6 aromatic rings. The normalized spacial score (nSPS) is 12.3. The van der Waals surface area contributed by atoms with Gasteiger partial charge < -0.3 is 28.2 Å². The van der Waals surface area contributed by atoms with E-state index in [4.69, 9.17) is 23.3 Å². The summed E-state index contributed by atoms with van der Waals surface area (Å²) in [5.41, 5.74) is 5.95. The number of aldehydes is 1. The zero-order valence-corrected chi connectivity index (χ0v) is 33.7. The number of hydrogen-bond acceptors (Lipinski definition) is 12. The Morgan fingerprint density at radius 2 is 1.33 bits per heavy atom. The molecule has 0 saturated carbocycles. The van der Waals surface area contributed by atoms with E-state index in [0.29, 0.717) is 34.5 Å². The molecule has 1 N–H and O–H groups in total. The number of nitrogens with one attached hydrogen (secondary N) is 1. The maximum Gasteiger partial charge on any atom is 0.238 e. The van der Waals surface area contributed by atoms with E-state index >= 15 is 0 Å². The quantitative estimate of drug-likeness (QED) is 0.132. The zero-order valence-electron chi connectivity index (χ0n) is 33.7. The Morgan fingerprint density at radius 1 is 0.783 bits per heavy atom. The zero-order chi connectivity index (χ0) is 41.9. The van der Waals surface area contributed by atoms with Crippen LogP contribution in [0.5, 0.6) is 0 Å². The molecular formula is C48H58N6O6. The molecule has 1 fully saturated rings. The third-order valence-corrected chi connectivity index (χ3v) is 8.28. The molecule has 316 valence electrons. The van der Waals surface area contributed by atoms with Crippen LogP contribution in [-0.4, -0.2) is 43.4 Å². The minimum absolute atomic E-state index is 0. The van der Waals surface area contributed by atoms with Crippen molar-refractivity contribution in [2.24, 2.45) is 0 Å². The standard InChI is InChI=1S/C16H12N2O2.C9H6N2O.C9H11NO.C7H8O2.C5H11N.2CH4.H2/c1-10-7-12(8-11(2)19-10)13(9-17)16-18-14-5-3-4-6-15(14)20-16;10-6-5-9-11-7-3-1-2-4-8(7)12-9;1-10(2)9-5-3-8(7-11)4-6-9;1-5-3-7(8)4-6(2)9-5;1-2-4-6-5-3-1;;;/h3-8H,1-2H3;1-4H,5H2;3-7H,1-2H3;3-4H,1-2H3;6H,1-5H2;2*1H4;1H. The number of carbonyl (C=O) groups excluding carboxylic acids is 1. The maximum atomic E-state index is 10.7. The van der Waals surface area contributed by atoms with Crippen LogP contribution in [0.4, 0.5) is 5.69 Å². The van der Waals surface area contributed by atoms with Crippen molar-refractivity contribution in [3.05, 3.63) is 153 Å². The van der Waals surface area contributed by atoms with E-state index in [1.54, 1.807) is 26.0 Å². The monoisotopic (exact) mass is 814 g/mol. The molecule has 8 rings (SSSR count). The molecule has 0 radical (unpaired) electrons. The first-order valence-corrected chi connectivity index (χ1v) is 18.8. The van der Waals surface area contributed by atoms with Crippen molar-refractivity contribution >= 4 is 39.7 Å². The molecule has 2 aliphatic heterocycles. The summed E-state index contributed by atoms with van der Waals surface area (Å²) in [5.74, 6) is 3.63. The molecule has 0 atom stereocenters. The molecule has 3 aromatic heterocycles. The minimum atomic E-state index is 0. The van der Waals surface area contributed by atoms with E-state index in [2.05, 4.69) is 21.4 Å². The fraction of sp³-hybridized carbons (Fsp3) is 0.292. The van der Waals surface area contributed by atoms with Gasteiger partial charge in [-0.15, -0.1) is 0 Å². The number of piperidine rings is 1. The third-order valence-electron chi connectivity index (χ3n) is 8.28. The number of ether oxygens (including phenoxy) is 1. The molecule has 1 saturated heterocycles. The van der Waals surface area contributed by atoms with Gasteiger partial charge in [0.1, 0.15) is 58.4 Å². The van der Waals surface area contributed by atoms with Crippen LogP contribution < -0.4 is 15.6 Å². The number of aryl methyl sites for hydroxylation is 2. The molecule has 60 heavy (non-hydrogen) atoms. The molecule has 12 heteroatoms. The summed E-state index contributed by atoms with van der Waals surface area (Å²) in [6.45, 7) is 9.71. The number of allylic oxidation sites excluding steroid dienone is 6. The van der Waals surface area contributed by atoms with Gasteiger partial charge in [-0.3, -0.25) is 9.59 Å². The first-order valence-electron chi connectivity index (χ1n) is 18.8. The number of para-hydroxylation sites is 4. The van der Waals surface area contributed by atoms with Crippen molar-refractivity contribution in [3.8, 4) is 12.1 Å². The predicted molar refractivity (Wildman–Crippen MR) is 241 cm³/mol. The number of aromatic nitrogens is 2. The van der Waals surface area contributed by atoms with Crippen LogP contribution in [0.3, 0.4) is 0 Å². The van der Waals surface area contributed by atoms with Crippen LogP contribution in [-0.2, 0) is 11.2 Å². The summed E-state index contributed by atoms with van der Waals surface area (Å²) >= 11 is 0. The van der Waals surface area contributed by atoms with Crippen LogP contribution in [0.25, 0.3) is 27.8 Å². The number of anilines is 1. The maximum absolute atomic E-state index is 10.7. The lowest BCUT2D eigenvalue weighted by molar-refractivity contribution is 0.112. The molecular weight excluding hydrogens is 757 g/mol. The summed E-state index contributed by atoms with van der Waals surface area (Å²) in [6.07, 6.45) is 8.90. The van der Waals surface area contributed by atoms with Crippen molar-refractivity contribution in [1.82, 2.24) is 15.3 Å². The molecule has 2 aliphatic rings. The lowest BCUT2D eigenvalue weighted by atomic mass is 10.1. The Bertz CT molecular complexity index is 2390. The number of carbonyl (C=O) groups is 1. The second-order valence-electron chi connectivity index (χ2n) is 13.4. The SMILES string of the molecule is C.C.C1CCNCC1.CC1=CC(=C(C#N)c2nc3ccccc3o2)C=C(C)O1.CN(C)c1ccc(C=O)cc1.Cc1cc(=O)cc(C)o1.N#CCc1nc2ccccc2o1.[HH]. The number of benzene rings is 3. The number of oxazole rings is 2. The topological polar surface area (TPSA) is 171 Å². The van der Waals surface area contributed by atoms with E-state index in [9.17, 15) is 14.9 Å². The number of nitrogens with zero attached hydrogens (tertiary/aromatic N) is 5. The van der Waals surface area contributed by atoms with E-state index in [1.807, 2.05) is 112 Å². The highest BCUT2D eigenvalue weighted by Gasteiger charge is 2.16. The van der Waals surface area contributed by atoms with Crippen molar-refractivity contribution in [2.75, 3.05) is 32.1 Å². The van der Waals surface area contributed by atoms with Gasteiger partial charge in [0.2, 0.25) is 11.8 Å². The van der Waals surface area contributed by atoms with Gasteiger partial charge in [-0.25, -0.2) is 9.97 Å². The number of nitriles is 2. The van der Waals surface area contributed by atoms with E-state index < -0.39 is 0 Å². The van der Waals surface area contributed by atoms with E-state index in [0.717, 1.165) is 51.2 Å². The van der Waals surface area contributed by atoms with Gasteiger partial charge in [0, 0.05) is 44.5 Å². The average molecular weight is 815 g/mol. The van der Waals surface area contributed by atoms with Crippen LogP contribution in [0.1, 0.15) is 83.0 Å². The van der Waals surface area contributed by atoms with Gasteiger partial charge >= 0.3 is 0 Å². The second kappa shape index (κ2) is 25.4. The van der Waals surface area contributed by atoms with Crippen molar-refractivity contribution in [3.63, 3.8) is 0 Å². The highest BCUT2D eigenvalue weighted by atomic mass is 16.5. The van der Waals surface area contributed by atoms with Gasteiger partial charge in [-0.1, -0.05) is 45.5 Å². The Kier molecular flexibility index (Phi) is 20.8. The van der Waals surface area contributed by atoms with Crippen molar-refractivity contribution < 1.29 is 24.2 Å². The van der Waals surface area contributed by atoms with Gasteiger partial charge in [-0.2, -0.15) is 10.5 Å². The molecule has 12 nitrogen and oxygen atoms in total. The Labute approximate surface area is 354 Å². The molecule has 0 spiro atoms. The first kappa shape index (κ1) is 49.1. The van der Waals surface area contributed by atoms with Gasteiger partial charge in [0.25, 0.3) is 0 Å². The van der Waals surface area contributed by atoms with Gasteiger partial charge in [0.15, 0.2) is 16.6 Å². The first-order chi connectivity index (χ1) is 28.0. The van der Waals surface area contributed by atoms with Crippen LogP contribution in [0.2, 0.25) is 0 Å². The summed E-state index contributed by atoms with van der Waals surface area (Å²) in [7, 11) is 3.94. The van der Waals surface area contributed by atoms with Crippen LogP contribution in [0, 0.1) is 36.5 Å². The average Bonchev–Trinajstić information content (AvgIpc) is 3.83.